The highest BCUT2D eigenvalue weighted by Crippen LogP contribution is 2.41. The summed E-state index contributed by atoms with van der Waals surface area (Å²) >= 11 is 0. The first-order valence-electron chi connectivity index (χ1n) is 9.47. The van der Waals surface area contributed by atoms with E-state index in [2.05, 4.69) is 20.3 Å². The molecule has 3 aromatic rings. The van der Waals surface area contributed by atoms with Crippen LogP contribution in [0.15, 0.2) is 30.5 Å². The van der Waals surface area contributed by atoms with Gasteiger partial charge in [0.05, 0.1) is 20.8 Å². The molecule has 0 aliphatic rings. The molecule has 0 amide bonds. The van der Waals surface area contributed by atoms with Gasteiger partial charge in [-0.2, -0.15) is 4.98 Å². The molecule has 0 bridgehead atoms. The Bertz CT molecular complexity index is 1070. The molecular weight excluding hydrogens is 405 g/mol. The van der Waals surface area contributed by atoms with E-state index in [9.17, 15) is 4.57 Å². The summed E-state index contributed by atoms with van der Waals surface area (Å²) in [7, 11) is 0.570. The quantitative estimate of drug-likeness (QED) is 0.489. The predicted molar refractivity (Wildman–Crippen MR) is 119 cm³/mol. The lowest BCUT2D eigenvalue weighted by Crippen LogP contribution is -2.10. The van der Waals surface area contributed by atoms with E-state index in [4.69, 9.17) is 19.7 Å². The first-order chi connectivity index (χ1) is 14.3. The van der Waals surface area contributed by atoms with Crippen molar-refractivity contribution >= 4 is 30.2 Å². The lowest BCUT2D eigenvalue weighted by Gasteiger charge is -2.13. The van der Waals surface area contributed by atoms with Crippen LogP contribution in [0.1, 0.15) is 6.92 Å². The van der Waals surface area contributed by atoms with Crippen LogP contribution in [0, 0.1) is 0 Å². The van der Waals surface area contributed by atoms with Gasteiger partial charge in [0.1, 0.15) is 17.3 Å². The van der Waals surface area contributed by atoms with Crippen LogP contribution in [-0.4, -0.2) is 55.1 Å². The lowest BCUT2D eigenvalue weighted by molar-refractivity contribution is 0.338. The fraction of sp³-hybridized carbons (Fsp3) is 0.350. The monoisotopic (exact) mass is 431 g/mol. The average molecular weight is 431 g/mol. The van der Waals surface area contributed by atoms with E-state index in [-0.39, 0.29) is 0 Å². The fourth-order valence-electron chi connectivity index (χ4n) is 2.97. The number of rotatable bonds is 9. The molecule has 0 fully saturated rings. The molecule has 0 aliphatic carbocycles. The van der Waals surface area contributed by atoms with Gasteiger partial charge in [-0.05, 0) is 30.7 Å². The molecule has 1 unspecified atom stereocenters. The van der Waals surface area contributed by atoms with Crippen LogP contribution in [0.3, 0.4) is 0 Å². The van der Waals surface area contributed by atoms with Gasteiger partial charge in [0.25, 0.3) is 0 Å². The Balaban J connectivity index is 1.85. The molecule has 0 spiro atoms. The second-order valence-corrected chi connectivity index (χ2v) is 9.44. The van der Waals surface area contributed by atoms with E-state index < -0.39 is 7.37 Å². The maximum Gasteiger partial charge on any atom is 0.224 e. The fourth-order valence-corrected chi connectivity index (χ4v) is 4.16. The van der Waals surface area contributed by atoms with Gasteiger partial charge < -0.3 is 25.0 Å². The normalized spacial score (nSPS) is 13.1. The number of nitrogens with zero attached hydrogens (tertiary/aromatic N) is 3. The van der Waals surface area contributed by atoms with E-state index in [1.807, 2.05) is 25.1 Å². The SMILES string of the molecule is CCOP(C)(=O)CCNc1ncc2cc(-c3cc(OC)cc(OC)c3)c(N)nc2n1. The van der Waals surface area contributed by atoms with E-state index in [0.717, 1.165) is 16.5 Å². The van der Waals surface area contributed by atoms with E-state index >= 15 is 0 Å². The largest absolute Gasteiger partial charge is 0.497 e. The molecule has 1 aromatic carbocycles. The second-order valence-electron chi connectivity index (χ2n) is 6.71. The Hall–Kier alpha value is -2.90. The minimum Gasteiger partial charge on any atom is -0.497 e. The molecule has 0 saturated carbocycles. The van der Waals surface area contributed by atoms with Crippen molar-refractivity contribution in [3.63, 3.8) is 0 Å². The number of ether oxygens (including phenoxy) is 2. The van der Waals surface area contributed by atoms with Crippen molar-refractivity contribution in [1.29, 1.82) is 0 Å². The Kier molecular flexibility index (Phi) is 6.74. The highest BCUT2D eigenvalue weighted by molar-refractivity contribution is 7.58. The van der Waals surface area contributed by atoms with Crippen LogP contribution in [0.5, 0.6) is 11.5 Å². The zero-order valence-electron chi connectivity index (χ0n) is 17.5. The Morgan fingerprint density at radius 1 is 1.10 bits per heavy atom. The van der Waals surface area contributed by atoms with Crippen molar-refractivity contribution in [2.24, 2.45) is 0 Å². The van der Waals surface area contributed by atoms with E-state index in [1.54, 1.807) is 33.1 Å². The predicted octanol–water partition coefficient (Wildman–Crippen LogP) is 3.65. The second kappa shape index (κ2) is 9.28. The van der Waals surface area contributed by atoms with Gasteiger partial charge in [-0.3, -0.25) is 4.57 Å². The third-order valence-electron chi connectivity index (χ3n) is 4.46. The molecule has 3 N–H and O–H groups in total. The zero-order valence-corrected chi connectivity index (χ0v) is 18.4. The van der Waals surface area contributed by atoms with Gasteiger partial charge in [-0.1, -0.05) is 0 Å². The molecule has 1 atom stereocenters. The molecule has 2 aromatic heterocycles. The topological polar surface area (TPSA) is 121 Å². The van der Waals surface area contributed by atoms with Gasteiger partial charge in [0.2, 0.25) is 13.3 Å². The van der Waals surface area contributed by atoms with Crippen molar-refractivity contribution in [1.82, 2.24) is 15.0 Å². The van der Waals surface area contributed by atoms with Crippen molar-refractivity contribution in [3.8, 4) is 22.6 Å². The highest BCUT2D eigenvalue weighted by Gasteiger charge is 2.15. The minimum absolute atomic E-state index is 0.330. The molecule has 0 saturated heterocycles. The van der Waals surface area contributed by atoms with Gasteiger partial charge in [-0.15, -0.1) is 0 Å². The number of benzene rings is 1. The molecule has 30 heavy (non-hydrogen) atoms. The molecule has 10 heteroatoms. The zero-order chi connectivity index (χ0) is 21.7. The maximum atomic E-state index is 12.2. The number of nitrogens with one attached hydrogen (secondary N) is 1. The van der Waals surface area contributed by atoms with Crippen LogP contribution in [0.2, 0.25) is 0 Å². The summed E-state index contributed by atoms with van der Waals surface area (Å²) in [5.41, 5.74) is 8.23. The number of nitrogen functional groups attached to an aromatic ring is 1. The number of aromatic nitrogens is 3. The van der Waals surface area contributed by atoms with Crippen LogP contribution >= 0.6 is 7.37 Å². The van der Waals surface area contributed by atoms with Crippen molar-refractivity contribution in [2.45, 2.75) is 6.92 Å². The summed E-state index contributed by atoms with van der Waals surface area (Å²) < 4.78 is 28.1. The van der Waals surface area contributed by atoms with Gasteiger partial charge in [-0.25, -0.2) is 9.97 Å². The first-order valence-corrected chi connectivity index (χ1v) is 11.7. The third-order valence-corrected chi connectivity index (χ3v) is 6.30. The standard InChI is InChI=1S/C20H26N5O4P/c1-5-29-30(4,26)7-6-22-20-23-12-14-10-17(18(21)24-19(14)25-20)13-8-15(27-2)11-16(9-13)28-3/h8-12H,5-7H2,1-4H3,(H3,21,22,23,24,25). The van der Waals surface area contributed by atoms with Gasteiger partial charge in [0.15, 0.2) is 5.65 Å². The number of pyridine rings is 1. The number of anilines is 2. The van der Waals surface area contributed by atoms with Gasteiger partial charge in [0, 0.05) is 42.6 Å². The number of methoxy groups -OCH3 is 2. The molecule has 0 radical (unpaired) electrons. The third kappa shape index (κ3) is 5.17. The molecule has 2 heterocycles. The summed E-state index contributed by atoms with van der Waals surface area (Å²) in [6, 6.07) is 7.39. The van der Waals surface area contributed by atoms with Crippen LogP contribution in [0.25, 0.3) is 22.2 Å². The summed E-state index contributed by atoms with van der Waals surface area (Å²) in [6.45, 7) is 4.29. The Morgan fingerprint density at radius 2 is 1.80 bits per heavy atom. The molecule has 160 valence electrons. The van der Waals surface area contributed by atoms with Crippen molar-refractivity contribution in [3.05, 3.63) is 30.5 Å². The summed E-state index contributed by atoms with van der Waals surface area (Å²) in [4.78, 5) is 13.2. The number of hydrogen-bond donors (Lipinski definition) is 2. The van der Waals surface area contributed by atoms with Crippen molar-refractivity contribution < 1.29 is 18.6 Å². The van der Waals surface area contributed by atoms with Crippen LogP contribution in [0.4, 0.5) is 11.8 Å². The number of fused-ring (bicyclic) bond motifs is 1. The van der Waals surface area contributed by atoms with Crippen LogP contribution in [-0.2, 0) is 9.09 Å². The maximum absolute atomic E-state index is 12.2. The molecule has 0 aliphatic heterocycles. The smallest absolute Gasteiger partial charge is 0.224 e. The molecule has 9 nitrogen and oxygen atoms in total. The van der Waals surface area contributed by atoms with Crippen molar-refractivity contribution in [2.75, 3.05) is 51.2 Å². The van der Waals surface area contributed by atoms with E-state index in [0.29, 0.717) is 48.2 Å². The number of nitrogens with two attached hydrogens (primary N) is 1. The summed E-state index contributed by atoms with van der Waals surface area (Å²) in [6.07, 6.45) is 2.06. The minimum atomic E-state index is -2.61. The van der Waals surface area contributed by atoms with Crippen LogP contribution < -0.4 is 20.5 Å². The Morgan fingerprint density at radius 3 is 2.43 bits per heavy atom. The first kappa shape index (κ1) is 21.8. The van der Waals surface area contributed by atoms with Gasteiger partial charge >= 0.3 is 0 Å². The average Bonchev–Trinajstić information content (AvgIpc) is 2.72. The lowest BCUT2D eigenvalue weighted by atomic mass is 10.0. The number of hydrogen-bond acceptors (Lipinski definition) is 9. The van der Waals surface area contributed by atoms with E-state index in [1.165, 1.54) is 0 Å². The Labute approximate surface area is 175 Å². The highest BCUT2D eigenvalue weighted by atomic mass is 31.2. The molecule has 3 rings (SSSR count). The molecular formula is C20H26N5O4P. The summed E-state index contributed by atoms with van der Waals surface area (Å²) in [5, 5.41) is 3.80. The summed E-state index contributed by atoms with van der Waals surface area (Å²) in [5.74, 6) is 2.03.